The minimum atomic E-state index is -3.95. The van der Waals surface area contributed by atoms with E-state index in [9.17, 15) is 17.6 Å². The highest BCUT2D eigenvalue weighted by atomic mass is 35.5. The lowest BCUT2D eigenvalue weighted by Crippen LogP contribution is -2.48. The molecule has 0 bridgehead atoms. The molecule has 32 heavy (non-hydrogen) atoms. The molecule has 9 heteroatoms. The zero-order chi connectivity index (χ0) is 23.0. The number of benzene rings is 3. The van der Waals surface area contributed by atoms with Crippen molar-refractivity contribution in [3.63, 3.8) is 0 Å². The Kier molecular flexibility index (Phi) is 5.83. The first-order valence-electron chi connectivity index (χ1n) is 9.78. The summed E-state index contributed by atoms with van der Waals surface area (Å²) in [5, 5.41) is 2.47. The molecule has 0 spiro atoms. The van der Waals surface area contributed by atoms with Crippen LogP contribution in [0.1, 0.15) is 11.1 Å². The molecule has 3 aromatic carbocycles. The van der Waals surface area contributed by atoms with Crippen LogP contribution < -0.4 is 14.4 Å². The number of halogens is 2. The van der Waals surface area contributed by atoms with Crippen LogP contribution in [0.25, 0.3) is 0 Å². The summed E-state index contributed by atoms with van der Waals surface area (Å²) in [7, 11) is -3.95. The van der Waals surface area contributed by atoms with Crippen LogP contribution in [0.5, 0.6) is 5.75 Å². The van der Waals surface area contributed by atoms with Crippen molar-refractivity contribution in [2.75, 3.05) is 16.2 Å². The summed E-state index contributed by atoms with van der Waals surface area (Å²) in [6.07, 6.45) is -1.13. The maximum absolute atomic E-state index is 13.4. The van der Waals surface area contributed by atoms with Gasteiger partial charge in [0.1, 0.15) is 11.6 Å². The highest BCUT2D eigenvalue weighted by Crippen LogP contribution is 2.38. The summed E-state index contributed by atoms with van der Waals surface area (Å²) in [5.74, 6) is -0.911. The third kappa shape index (κ3) is 4.28. The Morgan fingerprint density at radius 3 is 2.44 bits per heavy atom. The summed E-state index contributed by atoms with van der Waals surface area (Å²) in [4.78, 5) is 13.0. The van der Waals surface area contributed by atoms with E-state index >= 15 is 0 Å². The number of carbonyl (C=O) groups excluding carboxylic acids is 1. The molecule has 1 heterocycles. The van der Waals surface area contributed by atoms with Gasteiger partial charge in [-0.3, -0.25) is 9.10 Å². The molecule has 6 nitrogen and oxygen atoms in total. The molecule has 1 aliphatic heterocycles. The Morgan fingerprint density at radius 2 is 1.75 bits per heavy atom. The van der Waals surface area contributed by atoms with Crippen LogP contribution in [0, 0.1) is 19.7 Å². The molecule has 0 saturated heterocycles. The van der Waals surface area contributed by atoms with E-state index in [0.29, 0.717) is 5.69 Å². The molecule has 0 aromatic heterocycles. The Labute approximate surface area is 190 Å². The summed E-state index contributed by atoms with van der Waals surface area (Å²) in [6, 6.07) is 15.4. The van der Waals surface area contributed by atoms with E-state index in [-0.39, 0.29) is 27.9 Å². The number of nitrogens with one attached hydrogen (secondary N) is 1. The topological polar surface area (TPSA) is 75.7 Å². The predicted molar refractivity (Wildman–Crippen MR) is 121 cm³/mol. The number of hydrogen-bond acceptors (Lipinski definition) is 4. The quantitative estimate of drug-likeness (QED) is 0.595. The van der Waals surface area contributed by atoms with Gasteiger partial charge in [0.15, 0.2) is 6.10 Å². The number of aryl methyl sites for hydroxylation is 2. The minimum absolute atomic E-state index is 0.112. The number of nitrogens with zero attached hydrogens (tertiary/aromatic N) is 1. The van der Waals surface area contributed by atoms with E-state index in [1.807, 2.05) is 13.8 Å². The average Bonchev–Trinajstić information content (AvgIpc) is 2.75. The first-order valence-corrected chi connectivity index (χ1v) is 11.6. The maximum Gasteiger partial charge on any atom is 0.267 e. The van der Waals surface area contributed by atoms with Crippen LogP contribution in [-0.2, 0) is 14.8 Å². The van der Waals surface area contributed by atoms with Gasteiger partial charge in [0, 0.05) is 5.69 Å². The molecule has 1 aliphatic rings. The molecule has 0 radical (unpaired) electrons. The van der Waals surface area contributed by atoms with E-state index in [2.05, 4.69) is 5.32 Å². The summed E-state index contributed by atoms with van der Waals surface area (Å²) < 4.78 is 47.3. The van der Waals surface area contributed by atoms with E-state index in [0.717, 1.165) is 17.2 Å². The van der Waals surface area contributed by atoms with Crippen molar-refractivity contribution >= 4 is 38.9 Å². The van der Waals surface area contributed by atoms with Gasteiger partial charge in [-0.2, -0.15) is 0 Å². The maximum atomic E-state index is 13.4. The van der Waals surface area contributed by atoms with Gasteiger partial charge < -0.3 is 10.1 Å². The number of amides is 1. The van der Waals surface area contributed by atoms with Gasteiger partial charge in [-0.1, -0.05) is 35.4 Å². The van der Waals surface area contributed by atoms with E-state index in [4.69, 9.17) is 16.3 Å². The van der Waals surface area contributed by atoms with Crippen molar-refractivity contribution in [1.82, 2.24) is 0 Å². The average molecular weight is 475 g/mol. The second kappa shape index (κ2) is 8.44. The Bertz CT molecular complexity index is 1300. The van der Waals surface area contributed by atoms with Crippen molar-refractivity contribution in [1.29, 1.82) is 0 Å². The molecule has 0 fully saturated rings. The fourth-order valence-corrected chi connectivity index (χ4v) is 5.02. The summed E-state index contributed by atoms with van der Waals surface area (Å²) in [6.45, 7) is 3.48. The van der Waals surface area contributed by atoms with E-state index < -0.39 is 27.9 Å². The normalized spacial score (nSPS) is 15.6. The lowest BCUT2D eigenvalue weighted by atomic mass is 10.1. The second-order valence-electron chi connectivity index (χ2n) is 7.55. The van der Waals surface area contributed by atoms with Gasteiger partial charge in [-0.05, 0) is 61.9 Å². The van der Waals surface area contributed by atoms with Crippen molar-refractivity contribution in [2.45, 2.75) is 24.8 Å². The molecule has 1 N–H and O–H groups in total. The predicted octanol–water partition coefficient (Wildman–Crippen LogP) is 4.69. The number of rotatable bonds is 4. The van der Waals surface area contributed by atoms with Crippen LogP contribution in [0.4, 0.5) is 15.8 Å². The number of hydrogen-bond donors (Lipinski definition) is 1. The van der Waals surface area contributed by atoms with Gasteiger partial charge in [-0.15, -0.1) is 0 Å². The van der Waals surface area contributed by atoms with E-state index in [1.165, 1.54) is 28.6 Å². The fraction of sp³-hybridized carbons (Fsp3) is 0.174. The summed E-state index contributed by atoms with van der Waals surface area (Å²) >= 11 is 5.78. The Hall–Kier alpha value is -3.10. The molecule has 166 valence electrons. The van der Waals surface area contributed by atoms with Crippen LogP contribution in [0.15, 0.2) is 65.6 Å². The first kappa shape index (κ1) is 22.1. The Balaban J connectivity index is 1.69. The smallest absolute Gasteiger partial charge is 0.267 e. The zero-order valence-corrected chi connectivity index (χ0v) is 18.9. The zero-order valence-electron chi connectivity index (χ0n) is 17.3. The standard InChI is InChI=1S/C23H20ClFN2O4S/c1-14-3-7-17(8-4-14)32(29,30)27-13-22(31-21-11-15(2)5-10-20(21)27)23(28)26-16-6-9-19(25)18(24)12-16/h3-12,22H,13H2,1-2H3,(H,26,28). The van der Waals surface area contributed by atoms with Gasteiger partial charge in [0.05, 0.1) is 22.2 Å². The van der Waals surface area contributed by atoms with Crippen LogP contribution in [0.2, 0.25) is 5.02 Å². The third-order valence-corrected chi connectivity index (χ3v) is 7.16. The number of fused-ring (bicyclic) bond motifs is 1. The fourth-order valence-electron chi connectivity index (χ4n) is 3.36. The van der Waals surface area contributed by atoms with Gasteiger partial charge >= 0.3 is 0 Å². The van der Waals surface area contributed by atoms with Crippen molar-refractivity contribution < 1.29 is 22.3 Å². The second-order valence-corrected chi connectivity index (χ2v) is 9.81. The molecule has 4 rings (SSSR count). The van der Waals surface area contributed by atoms with Crippen LogP contribution >= 0.6 is 11.6 Å². The molecule has 1 amide bonds. The molecule has 0 saturated carbocycles. The highest BCUT2D eigenvalue weighted by Gasteiger charge is 2.37. The number of anilines is 2. The van der Waals surface area contributed by atoms with Gasteiger partial charge in [0.25, 0.3) is 15.9 Å². The largest absolute Gasteiger partial charge is 0.476 e. The van der Waals surface area contributed by atoms with Crippen molar-refractivity contribution in [2.24, 2.45) is 0 Å². The SMILES string of the molecule is Cc1ccc(S(=O)(=O)N2CC(C(=O)Nc3ccc(F)c(Cl)c3)Oc3cc(C)ccc32)cc1. The van der Waals surface area contributed by atoms with Crippen LogP contribution in [-0.4, -0.2) is 27.0 Å². The molecule has 1 atom stereocenters. The molecule has 1 unspecified atom stereocenters. The minimum Gasteiger partial charge on any atom is -0.476 e. The Morgan fingerprint density at radius 1 is 1.06 bits per heavy atom. The van der Waals surface area contributed by atoms with Gasteiger partial charge in [-0.25, -0.2) is 12.8 Å². The summed E-state index contributed by atoms with van der Waals surface area (Å²) in [5.41, 5.74) is 2.40. The third-order valence-electron chi connectivity index (χ3n) is 5.07. The molecule has 0 aliphatic carbocycles. The van der Waals surface area contributed by atoms with Crippen molar-refractivity contribution in [3.05, 3.63) is 82.6 Å². The lowest BCUT2D eigenvalue weighted by molar-refractivity contribution is -0.122. The lowest BCUT2D eigenvalue weighted by Gasteiger charge is -2.35. The van der Waals surface area contributed by atoms with Crippen LogP contribution in [0.3, 0.4) is 0 Å². The van der Waals surface area contributed by atoms with E-state index in [1.54, 1.807) is 30.3 Å². The number of carbonyl (C=O) groups is 1. The molecular formula is C23H20ClFN2O4S. The molecular weight excluding hydrogens is 455 g/mol. The van der Waals surface area contributed by atoms with Gasteiger partial charge in [0.2, 0.25) is 0 Å². The number of sulfonamides is 1. The monoisotopic (exact) mass is 474 g/mol. The highest BCUT2D eigenvalue weighted by molar-refractivity contribution is 7.92. The molecule has 3 aromatic rings. The first-order chi connectivity index (χ1) is 15.1. The number of ether oxygens (including phenoxy) is 1. The van der Waals surface area contributed by atoms with Crippen molar-refractivity contribution in [3.8, 4) is 5.75 Å².